The highest BCUT2D eigenvalue weighted by atomic mass is 14.1. The maximum Gasteiger partial charge on any atom is -0.0187 e. The standard InChI is InChI=1S/C18H20/c1-15(13-14-17-9-5-3-6-10-17)16(2)18-11-7-4-8-12-18/h3-12,15H,2,13-14H2,1H3. The summed E-state index contributed by atoms with van der Waals surface area (Å²) in [4.78, 5) is 0. The predicted octanol–water partition coefficient (Wildman–Crippen LogP) is 4.97. The van der Waals surface area contributed by atoms with Crippen molar-refractivity contribution in [2.24, 2.45) is 5.92 Å². The van der Waals surface area contributed by atoms with Crippen molar-refractivity contribution in [1.29, 1.82) is 0 Å². The van der Waals surface area contributed by atoms with Crippen molar-refractivity contribution in [2.75, 3.05) is 0 Å². The van der Waals surface area contributed by atoms with E-state index in [0.717, 1.165) is 12.8 Å². The van der Waals surface area contributed by atoms with E-state index in [-0.39, 0.29) is 0 Å². The topological polar surface area (TPSA) is 0 Å². The Labute approximate surface area is 110 Å². The SMILES string of the molecule is C=C(c1ccccc1)C(C)CCc1ccccc1. The van der Waals surface area contributed by atoms with Gasteiger partial charge in [0.2, 0.25) is 0 Å². The van der Waals surface area contributed by atoms with Gasteiger partial charge in [-0.2, -0.15) is 0 Å². The summed E-state index contributed by atoms with van der Waals surface area (Å²) in [5.74, 6) is 0.521. The summed E-state index contributed by atoms with van der Waals surface area (Å²) in [7, 11) is 0. The van der Waals surface area contributed by atoms with Gasteiger partial charge in [-0.15, -0.1) is 0 Å². The minimum atomic E-state index is 0.521. The van der Waals surface area contributed by atoms with Crippen LogP contribution in [0.3, 0.4) is 0 Å². The molecule has 1 atom stereocenters. The van der Waals surface area contributed by atoms with E-state index in [4.69, 9.17) is 0 Å². The second-order valence-electron chi connectivity index (χ2n) is 4.82. The monoisotopic (exact) mass is 236 g/mol. The molecule has 0 heterocycles. The second kappa shape index (κ2) is 6.20. The number of allylic oxidation sites excluding steroid dienone is 1. The van der Waals surface area contributed by atoms with E-state index in [2.05, 4.69) is 68.1 Å². The van der Waals surface area contributed by atoms with Crippen LogP contribution in [0.2, 0.25) is 0 Å². The molecule has 0 aliphatic rings. The Morgan fingerprint density at radius 2 is 1.50 bits per heavy atom. The van der Waals surface area contributed by atoms with Crippen LogP contribution in [-0.4, -0.2) is 0 Å². The third kappa shape index (κ3) is 3.33. The van der Waals surface area contributed by atoms with Gasteiger partial charge in [-0.1, -0.05) is 74.2 Å². The lowest BCUT2D eigenvalue weighted by atomic mass is 9.90. The first-order valence-corrected chi connectivity index (χ1v) is 6.55. The third-order valence-electron chi connectivity index (χ3n) is 3.45. The minimum Gasteiger partial charge on any atom is -0.0950 e. The number of hydrogen-bond acceptors (Lipinski definition) is 0. The van der Waals surface area contributed by atoms with Gasteiger partial charge in [-0.3, -0.25) is 0 Å². The van der Waals surface area contributed by atoms with Gasteiger partial charge >= 0.3 is 0 Å². The molecule has 2 rings (SSSR count). The van der Waals surface area contributed by atoms with Crippen LogP contribution in [0.5, 0.6) is 0 Å². The van der Waals surface area contributed by atoms with Crippen LogP contribution in [0.25, 0.3) is 5.57 Å². The van der Waals surface area contributed by atoms with E-state index in [9.17, 15) is 0 Å². The van der Waals surface area contributed by atoms with Crippen molar-refractivity contribution < 1.29 is 0 Å². The Balaban J connectivity index is 1.93. The summed E-state index contributed by atoms with van der Waals surface area (Å²) in [5, 5.41) is 0. The van der Waals surface area contributed by atoms with Gasteiger partial charge in [0, 0.05) is 0 Å². The van der Waals surface area contributed by atoms with Gasteiger partial charge in [0.1, 0.15) is 0 Å². The Bertz CT molecular complexity index is 482. The van der Waals surface area contributed by atoms with Crippen LogP contribution >= 0.6 is 0 Å². The first-order valence-electron chi connectivity index (χ1n) is 6.55. The molecule has 0 fully saturated rings. The Morgan fingerprint density at radius 1 is 0.944 bits per heavy atom. The van der Waals surface area contributed by atoms with Gasteiger partial charge in [0.25, 0.3) is 0 Å². The normalized spacial score (nSPS) is 12.1. The molecule has 0 aliphatic heterocycles. The van der Waals surface area contributed by atoms with Crippen molar-refractivity contribution in [3.8, 4) is 0 Å². The number of hydrogen-bond donors (Lipinski definition) is 0. The molecule has 0 saturated heterocycles. The van der Waals surface area contributed by atoms with E-state index < -0.39 is 0 Å². The molecule has 18 heavy (non-hydrogen) atoms. The van der Waals surface area contributed by atoms with Crippen molar-refractivity contribution in [3.63, 3.8) is 0 Å². The second-order valence-corrected chi connectivity index (χ2v) is 4.82. The van der Waals surface area contributed by atoms with Crippen LogP contribution in [-0.2, 0) is 6.42 Å². The number of rotatable bonds is 5. The quantitative estimate of drug-likeness (QED) is 0.687. The Kier molecular flexibility index (Phi) is 4.35. The molecule has 0 aliphatic carbocycles. The van der Waals surface area contributed by atoms with Crippen LogP contribution in [0.1, 0.15) is 24.5 Å². The largest absolute Gasteiger partial charge is 0.0950 e. The molecular weight excluding hydrogens is 216 g/mol. The number of benzene rings is 2. The molecule has 2 aromatic rings. The molecule has 2 aromatic carbocycles. The Hall–Kier alpha value is -1.82. The van der Waals surface area contributed by atoms with E-state index in [0.29, 0.717) is 5.92 Å². The summed E-state index contributed by atoms with van der Waals surface area (Å²) >= 11 is 0. The van der Waals surface area contributed by atoms with Crippen LogP contribution in [0.4, 0.5) is 0 Å². The molecule has 0 nitrogen and oxygen atoms in total. The summed E-state index contributed by atoms with van der Waals surface area (Å²) in [6.07, 6.45) is 2.27. The van der Waals surface area contributed by atoms with Crippen molar-refractivity contribution in [2.45, 2.75) is 19.8 Å². The fraction of sp³-hybridized carbons (Fsp3) is 0.222. The summed E-state index contributed by atoms with van der Waals surface area (Å²) in [5.41, 5.74) is 3.91. The molecule has 0 amide bonds. The summed E-state index contributed by atoms with van der Waals surface area (Å²) in [6, 6.07) is 21.1. The van der Waals surface area contributed by atoms with Crippen LogP contribution < -0.4 is 0 Å². The highest BCUT2D eigenvalue weighted by Crippen LogP contribution is 2.24. The molecule has 0 heteroatoms. The maximum atomic E-state index is 4.24. The molecule has 0 N–H and O–H groups in total. The molecule has 1 unspecified atom stereocenters. The zero-order valence-electron chi connectivity index (χ0n) is 11.0. The van der Waals surface area contributed by atoms with E-state index in [1.807, 2.05) is 6.07 Å². The van der Waals surface area contributed by atoms with Crippen LogP contribution in [0, 0.1) is 5.92 Å². The molecular formula is C18H20. The van der Waals surface area contributed by atoms with E-state index >= 15 is 0 Å². The number of aryl methyl sites for hydroxylation is 1. The Morgan fingerprint density at radius 3 is 2.11 bits per heavy atom. The average Bonchev–Trinajstić information content (AvgIpc) is 2.46. The molecule has 0 radical (unpaired) electrons. The lowest BCUT2D eigenvalue weighted by molar-refractivity contribution is 0.665. The van der Waals surface area contributed by atoms with Gasteiger partial charge in [-0.25, -0.2) is 0 Å². The average molecular weight is 236 g/mol. The van der Waals surface area contributed by atoms with Gasteiger partial charge < -0.3 is 0 Å². The van der Waals surface area contributed by atoms with Crippen molar-refractivity contribution >= 4 is 5.57 Å². The van der Waals surface area contributed by atoms with Gasteiger partial charge in [0.15, 0.2) is 0 Å². The van der Waals surface area contributed by atoms with Crippen molar-refractivity contribution in [3.05, 3.63) is 78.4 Å². The van der Waals surface area contributed by atoms with Gasteiger partial charge in [0.05, 0.1) is 0 Å². The molecule has 0 bridgehead atoms. The highest BCUT2D eigenvalue weighted by Gasteiger charge is 2.08. The predicted molar refractivity (Wildman–Crippen MR) is 79.4 cm³/mol. The fourth-order valence-corrected chi connectivity index (χ4v) is 2.14. The van der Waals surface area contributed by atoms with Crippen molar-refractivity contribution in [1.82, 2.24) is 0 Å². The molecule has 92 valence electrons. The first kappa shape index (κ1) is 12.6. The third-order valence-corrected chi connectivity index (χ3v) is 3.45. The minimum absolute atomic E-state index is 0.521. The molecule has 0 aromatic heterocycles. The zero-order chi connectivity index (χ0) is 12.8. The van der Waals surface area contributed by atoms with E-state index in [1.54, 1.807) is 0 Å². The van der Waals surface area contributed by atoms with Crippen LogP contribution in [0.15, 0.2) is 67.2 Å². The fourth-order valence-electron chi connectivity index (χ4n) is 2.14. The summed E-state index contributed by atoms with van der Waals surface area (Å²) < 4.78 is 0. The first-order chi connectivity index (χ1) is 8.77. The molecule has 0 saturated carbocycles. The summed E-state index contributed by atoms with van der Waals surface area (Å²) in [6.45, 7) is 6.50. The maximum absolute atomic E-state index is 4.24. The van der Waals surface area contributed by atoms with E-state index in [1.165, 1.54) is 16.7 Å². The molecule has 0 spiro atoms. The zero-order valence-corrected chi connectivity index (χ0v) is 11.0. The highest BCUT2D eigenvalue weighted by molar-refractivity contribution is 5.64. The smallest absolute Gasteiger partial charge is 0.0187 e. The van der Waals surface area contributed by atoms with Gasteiger partial charge in [-0.05, 0) is 35.5 Å². The lowest BCUT2D eigenvalue weighted by Crippen LogP contribution is -2.00. The lowest BCUT2D eigenvalue weighted by Gasteiger charge is -2.15.